The van der Waals surface area contributed by atoms with E-state index in [1.165, 1.54) is 23.3 Å². The number of anilines is 1. The van der Waals surface area contributed by atoms with Crippen molar-refractivity contribution in [2.45, 2.75) is 6.04 Å². The first-order chi connectivity index (χ1) is 14.6. The van der Waals surface area contributed by atoms with Gasteiger partial charge in [-0.3, -0.25) is 14.5 Å². The first kappa shape index (κ1) is 18.4. The minimum absolute atomic E-state index is 0.00635. The molecular formula is C22H16N2O5S. The van der Waals surface area contributed by atoms with Crippen LogP contribution in [-0.2, 0) is 0 Å². The molecule has 4 aromatic rings. The molecule has 0 saturated heterocycles. The molecule has 7 nitrogen and oxygen atoms in total. The molecule has 1 atom stereocenters. The summed E-state index contributed by atoms with van der Waals surface area (Å²) in [6, 6.07) is 11.5. The third-order valence-corrected chi connectivity index (χ3v) is 5.91. The third kappa shape index (κ3) is 2.61. The Bertz CT molecular complexity index is 1330. The number of nitrogens with zero attached hydrogens (tertiary/aromatic N) is 2. The van der Waals surface area contributed by atoms with Crippen molar-refractivity contribution in [3.8, 4) is 11.5 Å². The van der Waals surface area contributed by atoms with Crippen LogP contribution in [0.25, 0.3) is 11.0 Å². The van der Waals surface area contributed by atoms with Crippen molar-refractivity contribution in [3.63, 3.8) is 0 Å². The molecule has 0 spiro atoms. The lowest BCUT2D eigenvalue weighted by atomic mass is 9.98. The summed E-state index contributed by atoms with van der Waals surface area (Å²) in [6.07, 6.45) is 1.62. The number of para-hydroxylation sites is 1. The fraction of sp³-hybridized carbons (Fsp3) is 0.136. The van der Waals surface area contributed by atoms with Gasteiger partial charge in [0.1, 0.15) is 23.1 Å². The average Bonchev–Trinajstić information content (AvgIpc) is 3.40. The van der Waals surface area contributed by atoms with Crippen LogP contribution in [0.5, 0.6) is 11.5 Å². The number of hydrogen-bond donors (Lipinski definition) is 0. The highest BCUT2D eigenvalue weighted by atomic mass is 32.1. The third-order valence-electron chi connectivity index (χ3n) is 5.14. The van der Waals surface area contributed by atoms with Crippen LogP contribution < -0.4 is 19.8 Å². The van der Waals surface area contributed by atoms with Gasteiger partial charge in [-0.15, -0.1) is 11.3 Å². The van der Waals surface area contributed by atoms with E-state index in [9.17, 15) is 9.59 Å². The summed E-state index contributed by atoms with van der Waals surface area (Å²) in [6.45, 7) is 0. The van der Waals surface area contributed by atoms with Crippen LogP contribution in [0.4, 0.5) is 5.13 Å². The predicted octanol–water partition coefficient (Wildman–Crippen LogP) is 4.02. The summed E-state index contributed by atoms with van der Waals surface area (Å²) in [5, 5.41) is 2.63. The Labute approximate surface area is 175 Å². The van der Waals surface area contributed by atoms with Crippen molar-refractivity contribution >= 4 is 33.3 Å². The number of carbonyl (C=O) groups is 1. The van der Waals surface area contributed by atoms with Gasteiger partial charge in [0.15, 0.2) is 10.6 Å². The molecule has 5 rings (SSSR count). The van der Waals surface area contributed by atoms with Gasteiger partial charge < -0.3 is 13.9 Å². The molecule has 1 aliphatic rings. The van der Waals surface area contributed by atoms with Gasteiger partial charge in [0.25, 0.3) is 5.91 Å². The molecule has 0 bridgehead atoms. The first-order valence-corrected chi connectivity index (χ1v) is 10.0. The molecular weight excluding hydrogens is 404 g/mol. The number of ether oxygens (including phenoxy) is 2. The number of methoxy groups -OCH3 is 2. The average molecular weight is 420 g/mol. The van der Waals surface area contributed by atoms with E-state index >= 15 is 0 Å². The molecule has 3 heterocycles. The van der Waals surface area contributed by atoms with Crippen molar-refractivity contribution in [2.75, 3.05) is 19.1 Å². The summed E-state index contributed by atoms with van der Waals surface area (Å²) in [5.41, 5.74) is 0.989. The maximum atomic E-state index is 13.5. The Balaban J connectivity index is 1.84. The van der Waals surface area contributed by atoms with Gasteiger partial charge in [-0.1, -0.05) is 18.2 Å². The number of thiazole rings is 1. The van der Waals surface area contributed by atoms with Crippen LogP contribution in [-0.4, -0.2) is 25.1 Å². The zero-order valence-electron chi connectivity index (χ0n) is 16.1. The zero-order valence-corrected chi connectivity index (χ0v) is 16.9. The van der Waals surface area contributed by atoms with Crippen molar-refractivity contribution in [2.24, 2.45) is 0 Å². The van der Waals surface area contributed by atoms with Crippen LogP contribution in [0.15, 0.2) is 63.3 Å². The van der Waals surface area contributed by atoms with Gasteiger partial charge >= 0.3 is 0 Å². The lowest BCUT2D eigenvalue weighted by Crippen LogP contribution is -2.29. The molecule has 150 valence electrons. The van der Waals surface area contributed by atoms with Gasteiger partial charge in [0, 0.05) is 23.2 Å². The largest absolute Gasteiger partial charge is 0.497 e. The van der Waals surface area contributed by atoms with Crippen LogP contribution in [0.2, 0.25) is 0 Å². The number of amides is 1. The quantitative estimate of drug-likeness (QED) is 0.496. The Morgan fingerprint density at radius 3 is 2.67 bits per heavy atom. The maximum absolute atomic E-state index is 13.5. The minimum Gasteiger partial charge on any atom is -0.497 e. The van der Waals surface area contributed by atoms with Gasteiger partial charge in [-0.25, -0.2) is 4.98 Å². The van der Waals surface area contributed by atoms with Crippen molar-refractivity contribution in [3.05, 3.63) is 81.2 Å². The van der Waals surface area contributed by atoms with Gasteiger partial charge in [-0.05, 0) is 18.2 Å². The highest BCUT2D eigenvalue weighted by molar-refractivity contribution is 7.13. The summed E-state index contributed by atoms with van der Waals surface area (Å²) < 4.78 is 16.7. The summed E-state index contributed by atoms with van der Waals surface area (Å²) >= 11 is 1.31. The second-order valence-corrected chi connectivity index (χ2v) is 7.54. The fourth-order valence-electron chi connectivity index (χ4n) is 3.80. The van der Waals surface area contributed by atoms with Crippen molar-refractivity contribution in [1.29, 1.82) is 0 Å². The molecule has 0 aliphatic carbocycles. The zero-order chi connectivity index (χ0) is 20.8. The minimum atomic E-state index is -0.711. The molecule has 0 fully saturated rings. The number of hydrogen-bond acceptors (Lipinski definition) is 7. The van der Waals surface area contributed by atoms with Gasteiger partial charge in [0.05, 0.1) is 25.2 Å². The SMILES string of the molecule is COc1ccc2c(=O)c3c(oc2c1)C(=O)N(c1nccs1)C3c1ccccc1OC. The lowest BCUT2D eigenvalue weighted by molar-refractivity contribution is 0.0970. The second-order valence-electron chi connectivity index (χ2n) is 6.67. The highest BCUT2D eigenvalue weighted by Crippen LogP contribution is 2.44. The Kier molecular flexibility index (Phi) is 4.29. The molecule has 0 N–H and O–H groups in total. The molecule has 0 saturated carbocycles. The Morgan fingerprint density at radius 1 is 1.10 bits per heavy atom. The van der Waals surface area contributed by atoms with E-state index in [2.05, 4.69) is 4.98 Å². The van der Waals surface area contributed by atoms with E-state index in [4.69, 9.17) is 13.9 Å². The van der Waals surface area contributed by atoms with E-state index in [1.807, 2.05) is 18.2 Å². The molecule has 2 aromatic carbocycles. The number of fused-ring (bicyclic) bond motifs is 2. The number of carbonyl (C=O) groups excluding carboxylic acids is 1. The van der Waals surface area contributed by atoms with Crippen LogP contribution in [0.1, 0.15) is 27.7 Å². The van der Waals surface area contributed by atoms with Gasteiger partial charge in [0.2, 0.25) is 5.76 Å². The summed E-state index contributed by atoms with van der Waals surface area (Å²) in [7, 11) is 3.08. The lowest BCUT2D eigenvalue weighted by Gasteiger charge is -2.24. The molecule has 30 heavy (non-hydrogen) atoms. The second kappa shape index (κ2) is 7.00. The molecule has 1 aliphatic heterocycles. The van der Waals surface area contributed by atoms with E-state index < -0.39 is 11.9 Å². The van der Waals surface area contributed by atoms with Crippen molar-refractivity contribution < 1.29 is 18.7 Å². The molecule has 8 heteroatoms. The highest BCUT2D eigenvalue weighted by Gasteiger charge is 2.45. The standard InChI is InChI=1S/C22H16N2O5S/c1-27-12-7-8-14-16(11-12)29-20-17(19(14)25)18(13-5-3-4-6-15(13)28-2)24(21(20)26)22-23-9-10-30-22/h3-11,18H,1-2H3. The monoisotopic (exact) mass is 420 g/mol. The van der Waals surface area contributed by atoms with Crippen LogP contribution in [0, 0.1) is 0 Å². The van der Waals surface area contributed by atoms with E-state index in [0.29, 0.717) is 33.2 Å². The number of benzene rings is 2. The molecule has 0 radical (unpaired) electrons. The molecule has 1 amide bonds. The topological polar surface area (TPSA) is 81.9 Å². The van der Waals surface area contributed by atoms with Crippen molar-refractivity contribution in [1.82, 2.24) is 4.98 Å². The smallest absolute Gasteiger partial charge is 0.297 e. The van der Waals surface area contributed by atoms with Crippen LogP contribution >= 0.6 is 11.3 Å². The molecule has 2 aromatic heterocycles. The summed E-state index contributed by atoms with van der Waals surface area (Å²) in [5.74, 6) is 0.692. The number of rotatable bonds is 4. The summed E-state index contributed by atoms with van der Waals surface area (Å²) in [4.78, 5) is 32.7. The van der Waals surface area contributed by atoms with E-state index in [0.717, 1.165) is 0 Å². The maximum Gasteiger partial charge on any atom is 0.297 e. The first-order valence-electron chi connectivity index (χ1n) is 9.14. The Morgan fingerprint density at radius 2 is 1.93 bits per heavy atom. The molecule has 1 unspecified atom stereocenters. The normalized spacial score (nSPS) is 15.5. The Hall–Kier alpha value is -3.65. The predicted molar refractivity (Wildman–Crippen MR) is 113 cm³/mol. The fourth-order valence-corrected chi connectivity index (χ4v) is 4.46. The van der Waals surface area contributed by atoms with E-state index in [-0.39, 0.29) is 16.8 Å². The van der Waals surface area contributed by atoms with Gasteiger partial charge in [-0.2, -0.15) is 0 Å². The number of aromatic nitrogens is 1. The van der Waals surface area contributed by atoms with Crippen LogP contribution in [0.3, 0.4) is 0 Å². The van der Waals surface area contributed by atoms with E-state index in [1.54, 1.807) is 43.0 Å².